The van der Waals surface area contributed by atoms with E-state index < -0.39 is 5.97 Å². The van der Waals surface area contributed by atoms with Crippen molar-refractivity contribution in [3.05, 3.63) is 87.3 Å². The van der Waals surface area contributed by atoms with Gasteiger partial charge in [0.2, 0.25) is 0 Å². The van der Waals surface area contributed by atoms with Gasteiger partial charge in [-0.3, -0.25) is 9.69 Å². The van der Waals surface area contributed by atoms with Gasteiger partial charge in [-0.1, -0.05) is 53.8 Å². The van der Waals surface area contributed by atoms with Gasteiger partial charge in [0.1, 0.15) is 22.4 Å². The van der Waals surface area contributed by atoms with Gasteiger partial charge < -0.3 is 19.5 Å². The Morgan fingerprint density at radius 3 is 2.51 bits per heavy atom. The molecule has 1 fully saturated rings. The zero-order valence-corrected chi connectivity index (χ0v) is 25.4. The third-order valence-electron chi connectivity index (χ3n) is 6.35. The van der Waals surface area contributed by atoms with Crippen molar-refractivity contribution in [1.82, 2.24) is 9.80 Å². The maximum absolute atomic E-state index is 13.4. The Labute approximate surface area is 254 Å². The van der Waals surface area contributed by atoms with Crippen molar-refractivity contribution in [2.24, 2.45) is 0 Å². The lowest BCUT2D eigenvalue weighted by Crippen LogP contribution is -2.30. The summed E-state index contributed by atoms with van der Waals surface area (Å²) in [5.41, 5.74) is 3.61. The first-order chi connectivity index (χ1) is 19.7. The quantitative estimate of drug-likeness (QED) is 0.184. The minimum absolute atomic E-state index is 0.175. The number of likely N-dealkylation sites (N-methyl/N-ethyl adjacent to an activating group) is 1. The Bertz CT molecular complexity index is 1470. The van der Waals surface area contributed by atoms with Crippen molar-refractivity contribution in [3.63, 3.8) is 0 Å². The monoisotopic (exact) mass is 610 g/mol. The highest BCUT2D eigenvalue weighted by molar-refractivity contribution is 8.26. The number of benzene rings is 3. The Morgan fingerprint density at radius 2 is 1.85 bits per heavy atom. The van der Waals surface area contributed by atoms with Gasteiger partial charge in [0.15, 0.2) is 0 Å². The molecule has 0 aliphatic carbocycles. The van der Waals surface area contributed by atoms with Crippen molar-refractivity contribution in [2.75, 3.05) is 40.4 Å². The molecule has 0 aromatic heterocycles. The number of carboxylic acids is 1. The summed E-state index contributed by atoms with van der Waals surface area (Å²) in [5, 5.41) is 9.67. The molecule has 0 radical (unpaired) electrons. The number of rotatable bonds is 12. The molecule has 7 nitrogen and oxygen atoms in total. The largest absolute Gasteiger partial charge is 0.494 e. The first-order valence-electron chi connectivity index (χ1n) is 13.1. The number of hydrogen-bond donors (Lipinski definition) is 1. The number of nitrogens with zero attached hydrogens (tertiary/aromatic N) is 2. The Hall–Kier alpha value is -3.37. The fourth-order valence-electron chi connectivity index (χ4n) is 4.17. The molecule has 4 rings (SSSR count). The van der Waals surface area contributed by atoms with Crippen molar-refractivity contribution in [2.45, 2.75) is 13.3 Å². The van der Waals surface area contributed by atoms with Gasteiger partial charge in [-0.25, -0.2) is 4.79 Å². The predicted octanol–water partition coefficient (Wildman–Crippen LogP) is 6.49. The van der Waals surface area contributed by atoms with Crippen LogP contribution in [-0.2, 0) is 11.2 Å². The molecule has 3 aromatic carbocycles. The first-order valence-corrected chi connectivity index (χ1v) is 14.7. The van der Waals surface area contributed by atoms with E-state index in [1.165, 1.54) is 11.8 Å². The van der Waals surface area contributed by atoms with Crippen LogP contribution in [0.4, 0.5) is 0 Å². The van der Waals surface area contributed by atoms with Gasteiger partial charge in [-0.05, 0) is 87.1 Å². The minimum atomic E-state index is -0.974. The van der Waals surface area contributed by atoms with E-state index in [2.05, 4.69) is 0 Å². The van der Waals surface area contributed by atoms with E-state index in [1.807, 2.05) is 62.3 Å². The number of halogens is 1. The number of carboxylic acid groups (broad SMARTS) is 1. The topological polar surface area (TPSA) is 79.3 Å². The molecule has 1 amide bonds. The van der Waals surface area contributed by atoms with Crippen LogP contribution in [-0.4, -0.2) is 71.5 Å². The lowest BCUT2D eigenvalue weighted by atomic mass is 10.0. The number of ether oxygens (including phenoxy) is 2. The summed E-state index contributed by atoms with van der Waals surface area (Å²) in [6, 6.07) is 18.0. The molecule has 214 valence electrons. The van der Waals surface area contributed by atoms with Crippen LogP contribution >= 0.6 is 35.6 Å². The predicted molar refractivity (Wildman–Crippen MR) is 169 cm³/mol. The molecule has 1 aliphatic rings. The van der Waals surface area contributed by atoms with Crippen LogP contribution in [0.5, 0.6) is 11.5 Å². The summed E-state index contributed by atoms with van der Waals surface area (Å²) in [6.07, 6.45) is 2.36. The molecule has 0 atom stereocenters. The van der Waals surface area contributed by atoms with Crippen molar-refractivity contribution >= 4 is 57.9 Å². The number of thioether (sulfide) groups is 1. The fraction of sp³-hybridized carbons (Fsp3) is 0.258. The Morgan fingerprint density at radius 1 is 1.10 bits per heavy atom. The van der Waals surface area contributed by atoms with Crippen LogP contribution in [0.2, 0.25) is 5.02 Å². The van der Waals surface area contributed by atoms with Crippen LogP contribution in [0.15, 0.2) is 65.6 Å². The van der Waals surface area contributed by atoms with E-state index in [9.17, 15) is 9.59 Å². The molecule has 1 heterocycles. The smallest absolute Gasteiger partial charge is 0.335 e. The van der Waals surface area contributed by atoms with E-state index in [0.717, 1.165) is 28.8 Å². The van der Waals surface area contributed by atoms with Gasteiger partial charge in [-0.15, -0.1) is 0 Å². The zero-order valence-electron chi connectivity index (χ0n) is 23.1. The number of amides is 1. The third-order valence-corrected chi connectivity index (χ3v) is 8.04. The molecule has 0 saturated carbocycles. The minimum Gasteiger partial charge on any atom is -0.494 e. The summed E-state index contributed by atoms with van der Waals surface area (Å²) >= 11 is 13.4. The average molecular weight is 611 g/mol. The first kappa shape index (κ1) is 30.6. The lowest BCUT2D eigenvalue weighted by molar-refractivity contribution is -0.122. The number of aromatic carboxylic acids is 1. The standard InChI is InChI=1S/C31H31ClN2O5S2/c1-4-38-24-10-11-25(26(32)19-24)22-9-12-27(39-16-15-33(2)3)23(17-22)18-28-29(35)34(31(40)41-28)14-13-20-5-7-21(8-6-20)30(36)37/h5-12,17-19H,4,13-16H2,1-3H3,(H,36,37). The van der Waals surface area contributed by atoms with E-state index in [1.54, 1.807) is 35.2 Å². The average Bonchev–Trinajstić information content (AvgIpc) is 3.20. The molecule has 0 spiro atoms. The van der Waals surface area contributed by atoms with Gasteiger partial charge >= 0.3 is 5.97 Å². The molecular weight excluding hydrogens is 580 g/mol. The Balaban J connectivity index is 1.59. The molecule has 1 aliphatic heterocycles. The zero-order chi connectivity index (χ0) is 29.5. The van der Waals surface area contributed by atoms with Crippen LogP contribution in [0.25, 0.3) is 17.2 Å². The van der Waals surface area contributed by atoms with Crippen molar-refractivity contribution in [1.29, 1.82) is 0 Å². The fourth-order valence-corrected chi connectivity index (χ4v) is 5.75. The number of thiocarbonyl (C=S) groups is 1. The highest BCUT2D eigenvalue weighted by Gasteiger charge is 2.32. The molecule has 0 bridgehead atoms. The number of carbonyl (C=O) groups excluding carboxylic acids is 1. The van der Waals surface area contributed by atoms with E-state index in [0.29, 0.717) is 51.9 Å². The SMILES string of the molecule is CCOc1ccc(-c2ccc(OCCN(C)C)c(C=C3SC(=S)N(CCc4ccc(C(=O)O)cc4)C3=O)c2)c(Cl)c1. The summed E-state index contributed by atoms with van der Waals surface area (Å²) in [7, 11) is 3.96. The molecule has 3 aromatic rings. The number of carbonyl (C=O) groups is 2. The van der Waals surface area contributed by atoms with E-state index in [4.69, 9.17) is 38.4 Å². The maximum Gasteiger partial charge on any atom is 0.335 e. The summed E-state index contributed by atoms with van der Waals surface area (Å²) < 4.78 is 12.1. The normalized spacial score (nSPS) is 14.3. The molecule has 10 heteroatoms. The summed E-state index contributed by atoms with van der Waals surface area (Å²) in [5.74, 6) is 0.205. The van der Waals surface area contributed by atoms with Crippen molar-refractivity contribution in [3.8, 4) is 22.6 Å². The lowest BCUT2D eigenvalue weighted by Gasteiger charge is -2.15. The van der Waals surface area contributed by atoms with E-state index in [-0.39, 0.29) is 11.5 Å². The molecule has 1 saturated heterocycles. The second-order valence-corrected chi connectivity index (χ2v) is 11.6. The molecule has 1 N–H and O–H groups in total. The van der Waals surface area contributed by atoms with Gasteiger partial charge in [0.05, 0.1) is 22.1 Å². The van der Waals surface area contributed by atoms with Crippen LogP contribution in [0.1, 0.15) is 28.4 Å². The Kier molecular flexibility index (Phi) is 10.4. The summed E-state index contributed by atoms with van der Waals surface area (Å²) in [6.45, 7) is 4.08. The summed E-state index contributed by atoms with van der Waals surface area (Å²) in [4.78, 5) is 28.6. The van der Waals surface area contributed by atoms with E-state index >= 15 is 0 Å². The molecular formula is C31H31ClN2O5S2. The number of hydrogen-bond acceptors (Lipinski definition) is 7. The maximum atomic E-state index is 13.4. The van der Waals surface area contributed by atoms with Crippen LogP contribution in [0.3, 0.4) is 0 Å². The second-order valence-electron chi connectivity index (χ2n) is 9.56. The van der Waals surface area contributed by atoms with Crippen LogP contribution in [0, 0.1) is 0 Å². The highest BCUT2D eigenvalue weighted by Crippen LogP contribution is 2.38. The second kappa shape index (κ2) is 14.0. The molecule has 0 unspecified atom stereocenters. The van der Waals surface area contributed by atoms with Crippen LogP contribution < -0.4 is 9.47 Å². The van der Waals surface area contributed by atoms with Gasteiger partial charge in [0, 0.05) is 24.2 Å². The molecule has 41 heavy (non-hydrogen) atoms. The van der Waals surface area contributed by atoms with Gasteiger partial charge in [-0.2, -0.15) is 0 Å². The highest BCUT2D eigenvalue weighted by atomic mass is 35.5. The third kappa shape index (κ3) is 7.89. The van der Waals surface area contributed by atoms with Crippen molar-refractivity contribution < 1.29 is 24.2 Å². The van der Waals surface area contributed by atoms with Gasteiger partial charge in [0.25, 0.3) is 5.91 Å².